The quantitative estimate of drug-likeness (QED) is 0.354. The van der Waals surface area contributed by atoms with Crippen LogP contribution in [0.4, 0.5) is 4.39 Å². The molecule has 132 valence electrons. The molecule has 1 unspecified atom stereocenters. The van der Waals surface area contributed by atoms with Crippen LogP contribution in [-0.2, 0) is 0 Å². The zero-order valence-corrected chi connectivity index (χ0v) is 15.1. The molecule has 0 saturated carbocycles. The van der Waals surface area contributed by atoms with Crippen LogP contribution in [0.1, 0.15) is 45.8 Å². The van der Waals surface area contributed by atoms with Gasteiger partial charge in [0.2, 0.25) is 0 Å². The smallest absolute Gasteiger partial charge is 0.163 e. The molecule has 0 spiro atoms. The third kappa shape index (κ3) is 2.48. The van der Waals surface area contributed by atoms with E-state index in [0.29, 0.717) is 6.42 Å². The summed E-state index contributed by atoms with van der Waals surface area (Å²) in [7, 11) is 0. The van der Waals surface area contributed by atoms with Gasteiger partial charge < -0.3 is 0 Å². The standard InChI is InChI=1S/C25H19FO/c1-15-14-17(26)7-9-18(15)20-12-13-24(27)25-22-8-6-16-4-2-3-5-19(16)21(22)10-11-23(20)25/h2-11,14,20H,12-13H2,1H3. The van der Waals surface area contributed by atoms with Crippen molar-refractivity contribution in [1.29, 1.82) is 0 Å². The minimum atomic E-state index is -0.214. The molecule has 2 heteroatoms. The van der Waals surface area contributed by atoms with Gasteiger partial charge in [0.1, 0.15) is 5.82 Å². The van der Waals surface area contributed by atoms with Crippen LogP contribution in [0, 0.1) is 12.7 Å². The Morgan fingerprint density at radius 1 is 0.852 bits per heavy atom. The first-order valence-electron chi connectivity index (χ1n) is 9.37. The van der Waals surface area contributed by atoms with E-state index in [1.54, 1.807) is 6.07 Å². The number of fused-ring (bicyclic) bond motifs is 5. The second kappa shape index (κ2) is 6.02. The maximum atomic E-state index is 13.6. The number of aryl methyl sites for hydroxylation is 1. The van der Waals surface area contributed by atoms with E-state index in [4.69, 9.17) is 0 Å². The monoisotopic (exact) mass is 354 g/mol. The van der Waals surface area contributed by atoms with E-state index in [2.05, 4.69) is 36.4 Å². The maximum absolute atomic E-state index is 13.6. The molecule has 0 bridgehead atoms. The van der Waals surface area contributed by atoms with Gasteiger partial charge in [0, 0.05) is 17.9 Å². The maximum Gasteiger partial charge on any atom is 0.163 e. The second-order valence-electron chi connectivity index (χ2n) is 7.43. The first kappa shape index (κ1) is 16.2. The van der Waals surface area contributed by atoms with E-state index in [-0.39, 0.29) is 17.5 Å². The van der Waals surface area contributed by atoms with Crippen molar-refractivity contribution in [2.24, 2.45) is 0 Å². The zero-order valence-electron chi connectivity index (χ0n) is 15.1. The zero-order chi connectivity index (χ0) is 18.5. The van der Waals surface area contributed by atoms with Gasteiger partial charge in [-0.05, 0) is 63.7 Å². The Morgan fingerprint density at radius 2 is 1.63 bits per heavy atom. The first-order valence-corrected chi connectivity index (χ1v) is 9.37. The van der Waals surface area contributed by atoms with Gasteiger partial charge in [-0.15, -0.1) is 0 Å². The van der Waals surface area contributed by atoms with Crippen LogP contribution in [0.2, 0.25) is 0 Å². The van der Waals surface area contributed by atoms with Crippen molar-refractivity contribution in [2.75, 3.05) is 0 Å². The van der Waals surface area contributed by atoms with Crippen molar-refractivity contribution in [1.82, 2.24) is 0 Å². The van der Waals surface area contributed by atoms with E-state index in [1.165, 1.54) is 16.8 Å². The highest BCUT2D eigenvalue weighted by Gasteiger charge is 2.29. The minimum absolute atomic E-state index is 0.133. The lowest BCUT2D eigenvalue weighted by Crippen LogP contribution is -2.18. The molecule has 0 heterocycles. The average molecular weight is 354 g/mol. The molecule has 0 saturated heterocycles. The summed E-state index contributed by atoms with van der Waals surface area (Å²) in [6.07, 6.45) is 1.30. The molecule has 1 nitrogen and oxygen atoms in total. The number of halogens is 1. The highest BCUT2D eigenvalue weighted by molar-refractivity contribution is 6.17. The molecular weight excluding hydrogens is 335 g/mol. The summed E-state index contributed by atoms with van der Waals surface area (Å²) < 4.78 is 13.6. The molecule has 4 aromatic rings. The summed E-state index contributed by atoms with van der Waals surface area (Å²) in [5.41, 5.74) is 3.98. The van der Waals surface area contributed by atoms with E-state index in [9.17, 15) is 9.18 Å². The Kier molecular flexibility index (Phi) is 3.61. The van der Waals surface area contributed by atoms with Crippen LogP contribution in [0.25, 0.3) is 21.5 Å². The lowest BCUT2D eigenvalue weighted by molar-refractivity contribution is 0.0971. The molecule has 1 atom stereocenters. The average Bonchev–Trinajstić information content (AvgIpc) is 2.68. The third-order valence-electron chi connectivity index (χ3n) is 5.88. The predicted octanol–water partition coefficient (Wildman–Crippen LogP) is 6.55. The van der Waals surface area contributed by atoms with Gasteiger partial charge in [0.15, 0.2) is 5.78 Å². The van der Waals surface area contributed by atoms with Gasteiger partial charge >= 0.3 is 0 Å². The van der Waals surface area contributed by atoms with E-state index >= 15 is 0 Å². The van der Waals surface area contributed by atoms with Crippen molar-refractivity contribution in [3.05, 3.63) is 94.8 Å². The normalized spacial score (nSPS) is 16.7. The third-order valence-corrected chi connectivity index (χ3v) is 5.88. The Morgan fingerprint density at radius 3 is 2.48 bits per heavy atom. The van der Waals surface area contributed by atoms with Crippen LogP contribution >= 0.6 is 0 Å². The molecule has 1 aliphatic rings. The van der Waals surface area contributed by atoms with Crippen molar-refractivity contribution in [3.8, 4) is 0 Å². The van der Waals surface area contributed by atoms with Crippen LogP contribution in [0.5, 0.6) is 0 Å². The van der Waals surface area contributed by atoms with Crippen LogP contribution < -0.4 is 0 Å². The van der Waals surface area contributed by atoms with Crippen LogP contribution in [0.3, 0.4) is 0 Å². The van der Waals surface area contributed by atoms with Gasteiger partial charge in [0.05, 0.1) is 0 Å². The molecule has 0 N–H and O–H groups in total. The number of carbonyl (C=O) groups excluding carboxylic acids is 1. The molecular formula is C25H19FO. The minimum Gasteiger partial charge on any atom is -0.294 e. The fourth-order valence-electron chi connectivity index (χ4n) is 4.62. The number of Topliss-reactive ketones (excluding diaryl/α,β-unsaturated/α-hetero) is 1. The molecule has 0 radical (unpaired) electrons. The van der Waals surface area contributed by atoms with Crippen molar-refractivity contribution < 1.29 is 9.18 Å². The molecule has 0 aliphatic heterocycles. The Balaban J connectivity index is 1.79. The number of carbonyl (C=O) groups is 1. The summed E-state index contributed by atoms with van der Waals surface area (Å²) in [6, 6.07) is 21.7. The first-order chi connectivity index (χ1) is 13.1. The van der Waals surface area contributed by atoms with E-state index in [1.807, 2.05) is 25.1 Å². The van der Waals surface area contributed by atoms with Crippen LogP contribution in [-0.4, -0.2) is 5.78 Å². The molecule has 1 aliphatic carbocycles. The Labute approximate surface area is 157 Å². The summed E-state index contributed by atoms with van der Waals surface area (Å²) in [5.74, 6) is 0.129. The van der Waals surface area contributed by atoms with Crippen molar-refractivity contribution in [2.45, 2.75) is 25.7 Å². The van der Waals surface area contributed by atoms with Gasteiger partial charge in [0.25, 0.3) is 0 Å². The Bertz CT molecular complexity index is 1220. The fourth-order valence-corrected chi connectivity index (χ4v) is 4.62. The number of hydrogen-bond donors (Lipinski definition) is 0. The topological polar surface area (TPSA) is 17.1 Å². The lowest BCUT2D eigenvalue weighted by atomic mass is 9.75. The predicted molar refractivity (Wildman–Crippen MR) is 108 cm³/mol. The highest BCUT2D eigenvalue weighted by atomic mass is 19.1. The summed E-state index contributed by atoms with van der Waals surface area (Å²) in [4.78, 5) is 12.9. The molecule has 0 amide bonds. The molecule has 4 aromatic carbocycles. The van der Waals surface area contributed by atoms with Gasteiger partial charge in [-0.1, -0.05) is 54.6 Å². The molecule has 27 heavy (non-hydrogen) atoms. The number of ketones is 1. The molecule has 0 aromatic heterocycles. The summed E-state index contributed by atoms with van der Waals surface area (Å²) in [6.45, 7) is 1.95. The van der Waals surface area contributed by atoms with Gasteiger partial charge in [-0.3, -0.25) is 4.79 Å². The van der Waals surface area contributed by atoms with Crippen LogP contribution in [0.15, 0.2) is 66.7 Å². The molecule has 5 rings (SSSR count). The van der Waals surface area contributed by atoms with Gasteiger partial charge in [-0.2, -0.15) is 0 Å². The van der Waals surface area contributed by atoms with E-state index < -0.39 is 0 Å². The SMILES string of the molecule is Cc1cc(F)ccc1C1CCC(=O)c2c1ccc1c2ccc2ccccc21. The summed E-state index contributed by atoms with van der Waals surface area (Å²) >= 11 is 0. The second-order valence-corrected chi connectivity index (χ2v) is 7.43. The van der Waals surface area contributed by atoms with Gasteiger partial charge in [-0.25, -0.2) is 4.39 Å². The van der Waals surface area contributed by atoms with Crippen molar-refractivity contribution in [3.63, 3.8) is 0 Å². The highest BCUT2D eigenvalue weighted by Crippen LogP contribution is 2.42. The summed E-state index contributed by atoms with van der Waals surface area (Å²) in [5, 5.41) is 4.50. The number of hydrogen-bond acceptors (Lipinski definition) is 1. The van der Waals surface area contributed by atoms with Crippen molar-refractivity contribution >= 4 is 27.3 Å². The number of benzene rings is 4. The largest absolute Gasteiger partial charge is 0.294 e. The Hall–Kier alpha value is -3.00. The number of rotatable bonds is 1. The van der Waals surface area contributed by atoms with E-state index in [0.717, 1.165) is 39.4 Å². The lowest BCUT2D eigenvalue weighted by Gasteiger charge is -2.27. The molecule has 0 fully saturated rings. The fraction of sp³-hybridized carbons (Fsp3) is 0.160.